The Morgan fingerprint density at radius 3 is 2.31 bits per heavy atom. The van der Waals surface area contributed by atoms with E-state index in [4.69, 9.17) is 15.0 Å². The summed E-state index contributed by atoms with van der Waals surface area (Å²) in [5.41, 5.74) is 5.98. The van der Waals surface area contributed by atoms with E-state index in [0.717, 1.165) is 59.5 Å². The molecule has 3 heterocycles. The highest BCUT2D eigenvalue weighted by Gasteiger charge is 2.20. The maximum absolute atomic E-state index is 12.8. The molecule has 8 heteroatoms. The molecule has 0 bridgehead atoms. The van der Waals surface area contributed by atoms with Gasteiger partial charge in [-0.05, 0) is 36.4 Å². The number of carbonyl (C=O) groups is 1. The van der Waals surface area contributed by atoms with E-state index >= 15 is 0 Å². The van der Waals surface area contributed by atoms with Gasteiger partial charge in [-0.3, -0.25) is 4.79 Å². The van der Waals surface area contributed by atoms with E-state index in [9.17, 15) is 9.90 Å². The lowest BCUT2D eigenvalue weighted by Gasteiger charge is -2.32. The van der Waals surface area contributed by atoms with E-state index in [0.29, 0.717) is 30.2 Å². The van der Waals surface area contributed by atoms with E-state index in [-0.39, 0.29) is 11.7 Å². The minimum absolute atomic E-state index is 0.0565. The average Bonchev–Trinajstić information content (AvgIpc) is 3.04. The van der Waals surface area contributed by atoms with Crippen LogP contribution in [0.2, 0.25) is 0 Å². The fraction of sp³-hybridized carbons (Fsp3) is 0.235. The van der Waals surface area contributed by atoms with Gasteiger partial charge in [0.05, 0.1) is 17.9 Å². The lowest BCUT2D eigenvalue weighted by atomic mass is 9.97. The van der Waals surface area contributed by atoms with Crippen molar-refractivity contribution in [3.05, 3.63) is 96.7 Å². The minimum atomic E-state index is -0.0565. The van der Waals surface area contributed by atoms with Crippen molar-refractivity contribution in [3.63, 3.8) is 0 Å². The van der Waals surface area contributed by atoms with Gasteiger partial charge < -0.3 is 19.8 Å². The highest BCUT2D eigenvalue weighted by molar-refractivity contribution is 5.94. The molecule has 42 heavy (non-hydrogen) atoms. The first-order valence-electron chi connectivity index (χ1n) is 14.3. The molecule has 1 aliphatic heterocycles. The van der Waals surface area contributed by atoms with Gasteiger partial charge in [0.1, 0.15) is 5.75 Å². The lowest BCUT2D eigenvalue weighted by molar-refractivity contribution is -0.118. The number of carbonyl (C=O) groups excluding carboxylic acids is 1. The predicted molar refractivity (Wildman–Crippen MR) is 168 cm³/mol. The first kappa shape index (κ1) is 27.4. The van der Waals surface area contributed by atoms with Crippen LogP contribution in [-0.2, 0) is 11.3 Å². The SMILES string of the molecule is CCC(=O)N(Cc1ccc(-c2nc3nc(N4CCN(C)CC4)ncc3cc2-c2ccccc2)cc1)c1ccccc1O. The van der Waals surface area contributed by atoms with Crippen molar-refractivity contribution >= 4 is 28.6 Å². The summed E-state index contributed by atoms with van der Waals surface area (Å²) in [6, 6.07) is 27.4. The smallest absolute Gasteiger partial charge is 0.227 e. The average molecular weight is 559 g/mol. The van der Waals surface area contributed by atoms with Crippen LogP contribution in [0.1, 0.15) is 18.9 Å². The Bertz CT molecular complexity index is 1700. The number of fused-ring (bicyclic) bond motifs is 1. The largest absolute Gasteiger partial charge is 0.506 e. The van der Waals surface area contributed by atoms with E-state index in [1.54, 1.807) is 23.1 Å². The van der Waals surface area contributed by atoms with Crippen molar-refractivity contribution in [2.24, 2.45) is 0 Å². The van der Waals surface area contributed by atoms with Crippen molar-refractivity contribution in [1.29, 1.82) is 0 Å². The number of piperazine rings is 1. The number of likely N-dealkylation sites (N-methyl/N-ethyl adjacent to an activating group) is 1. The Balaban J connectivity index is 1.37. The third-order valence-corrected chi connectivity index (χ3v) is 7.77. The number of para-hydroxylation sites is 2. The number of benzene rings is 3. The van der Waals surface area contributed by atoms with Crippen molar-refractivity contribution in [1.82, 2.24) is 19.9 Å². The zero-order chi connectivity index (χ0) is 29.1. The number of rotatable bonds is 7. The molecule has 1 fully saturated rings. The fourth-order valence-electron chi connectivity index (χ4n) is 5.31. The van der Waals surface area contributed by atoms with Crippen LogP contribution < -0.4 is 9.80 Å². The highest BCUT2D eigenvalue weighted by atomic mass is 16.3. The third kappa shape index (κ3) is 5.66. The summed E-state index contributed by atoms with van der Waals surface area (Å²) in [5.74, 6) is 0.738. The monoisotopic (exact) mass is 558 g/mol. The zero-order valence-electron chi connectivity index (χ0n) is 23.9. The van der Waals surface area contributed by atoms with Crippen LogP contribution >= 0.6 is 0 Å². The number of phenolic OH excluding ortho intramolecular Hbond substituents is 1. The Labute approximate surface area is 245 Å². The Morgan fingerprint density at radius 2 is 1.60 bits per heavy atom. The highest BCUT2D eigenvalue weighted by Crippen LogP contribution is 2.34. The van der Waals surface area contributed by atoms with Gasteiger partial charge in [0.25, 0.3) is 0 Å². The fourth-order valence-corrected chi connectivity index (χ4v) is 5.31. The molecule has 3 aromatic carbocycles. The molecular weight excluding hydrogens is 524 g/mol. The predicted octanol–water partition coefficient (Wildman–Crippen LogP) is 5.76. The number of hydrogen-bond acceptors (Lipinski definition) is 7. The van der Waals surface area contributed by atoms with Gasteiger partial charge in [0, 0.05) is 55.3 Å². The van der Waals surface area contributed by atoms with Crippen LogP contribution in [0.4, 0.5) is 11.6 Å². The second kappa shape index (κ2) is 12.0. The van der Waals surface area contributed by atoms with Gasteiger partial charge in [0.2, 0.25) is 11.9 Å². The quantitative estimate of drug-likeness (QED) is 0.272. The van der Waals surface area contributed by atoms with Gasteiger partial charge in [-0.25, -0.2) is 9.97 Å². The number of phenols is 1. The standard InChI is InChI=1S/C34H34N6O2/c1-3-31(42)40(29-11-7-8-12-30(29)41)23-24-13-15-26(16-14-24)32-28(25-9-5-4-6-10-25)21-27-22-35-34(37-33(27)36-32)39-19-17-38(2)18-20-39/h4-16,21-22,41H,3,17-20,23H2,1-2H3. The molecule has 8 nitrogen and oxygen atoms in total. The van der Waals surface area contributed by atoms with Crippen LogP contribution in [0.3, 0.4) is 0 Å². The summed E-state index contributed by atoms with van der Waals surface area (Å²) in [6.07, 6.45) is 2.21. The van der Waals surface area contributed by atoms with Crippen LogP contribution in [0.15, 0.2) is 91.1 Å². The number of pyridine rings is 1. The number of aromatic hydroxyl groups is 1. The van der Waals surface area contributed by atoms with Gasteiger partial charge in [-0.2, -0.15) is 4.98 Å². The molecule has 2 aromatic heterocycles. The van der Waals surface area contributed by atoms with Gasteiger partial charge in [-0.15, -0.1) is 0 Å². The molecule has 5 aromatic rings. The number of aromatic nitrogens is 3. The van der Waals surface area contributed by atoms with Crippen LogP contribution in [0, 0.1) is 0 Å². The second-order valence-corrected chi connectivity index (χ2v) is 10.6. The topological polar surface area (TPSA) is 85.7 Å². The maximum Gasteiger partial charge on any atom is 0.227 e. The molecule has 0 spiro atoms. The summed E-state index contributed by atoms with van der Waals surface area (Å²) in [5, 5.41) is 11.3. The molecule has 0 atom stereocenters. The van der Waals surface area contributed by atoms with E-state index in [1.807, 2.05) is 61.7 Å². The summed E-state index contributed by atoms with van der Waals surface area (Å²) >= 11 is 0. The number of nitrogens with zero attached hydrogens (tertiary/aromatic N) is 6. The molecule has 0 aliphatic carbocycles. The van der Waals surface area contributed by atoms with Crippen molar-refractivity contribution < 1.29 is 9.90 Å². The number of anilines is 2. The number of amides is 1. The van der Waals surface area contributed by atoms with Gasteiger partial charge in [0.15, 0.2) is 5.65 Å². The normalized spacial score (nSPS) is 13.8. The third-order valence-electron chi connectivity index (χ3n) is 7.77. The van der Waals surface area contributed by atoms with Crippen LogP contribution in [0.5, 0.6) is 5.75 Å². The zero-order valence-corrected chi connectivity index (χ0v) is 23.9. The molecule has 0 saturated carbocycles. The van der Waals surface area contributed by atoms with Crippen molar-refractivity contribution in [2.45, 2.75) is 19.9 Å². The molecule has 0 radical (unpaired) electrons. The number of hydrogen-bond donors (Lipinski definition) is 1. The molecule has 1 aliphatic rings. The molecular formula is C34H34N6O2. The molecule has 1 amide bonds. The van der Waals surface area contributed by atoms with E-state index in [1.165, 1.54) is 0 Å². The van der Waals surface area contributed by atoms with Crippen molar-refractivity contribution in [3.8, 4) is 28.1 Å². The maximum atomic E-state index is 12.8. The minimum Gasteiger partial charge on any atom is -0.506 e. The van der Waals surface area contributed by atoms with E-state index < -0.39 is 0 Å². The Kier molecular flexibility index (Phi) is 7.79. The summed E-state index contributed by atoms with van der Waals surface area (Å²) < 4.78 is 0. The summed E-state index contributed by atoms with van der Waals surface area (Å²) in [7, 11) is 2.13. The first-order valence-corrected chi connectivity index (χ1v) is 14.3. The van der Waals surface area contributed by atoms with Crippen molar-refractivity contribution in [2.75, 3.05) is 43.0 Å². The van der Waals surface area contributed by atoms with Crippen LogP contribution in [0.25, 0.3) is 33.4 Å². The first-order chi connectivity index (χ1) is 20.5. The molecule has 1 N–H and O–H groups in total. The van der Waals surface area contributed by atoms with E-state index in [2.05, 4.69) is 35.0 Å². The lowest BCUT2D eigenvalue weighted by Crippen LogP contribution is -2.45. The van der Waals surface area contributed by atoms with Gasteiger partial charge >= 0.3 is 0 Å². The molecule has 0 unspecified atom stereocenters. The Morgan fingerprint density at radius 1 is 0.881 bits per heavy atom. The van der Waals surface area contributed by atoms with Gasteiger partial charge in [-0.1, -0.05) is 73.7 Å². The molecule has 1 saturated heterocycles. The molecule has 6 rings (SSSR count). The molecule has 212 valence electrons. The summed E-state index contributed by atoms with van der Waals surface area (Å²) in [6.45, 7) is 5.90. The Hall–Kier alpha value is -4.82. The second-order valence-electron chi connectivity index (χ2n) is 10.6. The summed E-state index contributed by atoms with van der Waals surface area (Å²) in [4.78, 5) is 33.7. The van der Waals surface area contributed by atoms with Crippen LogP contribution in [-0.4, -0.2) is 64.1 Å².